The molecule has 2 N–H and O–H groups in total. The third kappa shape index (κ3) is 17.9. The lowest BCUT2D eigenvalue weighted by molar-refractivity contribution is 0.548. The third-order valence-corrected chi connectivity index (χ3v) is 3.37. The molecule has 0 spiro atoms. The first-order valence-corrected chi connectivity index (χ1v) is 7.85. The van der Waals surface area contributed by atoms with Crippen LogP contribution in [0.25, 0.3) is 0 Å². The molecule has 0 rings (SSSR count). The molecule has 0 fully saturated rings. The normalized spacial score (nSPS) is 11.4. The molecule has 0 saturated heterocycles. The highest BCUT2D eigenvalue weighted by molar-refractivity contribution is 5.85. The van der Waals surface area contributed by atoms with Gasteiger partial charge in [0.05, 0.1) is 0 Å². The SMILES string of the molecule is CCCCCCCCCCCCC/C=C(\F)CN.Cl. The first-order chi connectivity index (χ1) is 8.81. The Labute approximate surface area is 125 Å². The summed E-state index contributed by atoms with van der Waals surface area (Å²) in [6.07, 6.45) is 17.2. The lowest BCUT2D eigenvalue weighted by Crippen LogP contribution is -1.98. The molecule has 0 aliphatic heterocycles. The van der Waals surface area contributed by atoms with E-state index in [2.05, 4.69) is 6.92 Å². The molecule has 0 atom stereocenters. The summed E-state index contributed by atoms with van der Waals surface area (Å²) in [7, 11) is 0. The Kier molecular flexibility index (Phi) is 20.0. The molecule has 0 radical (unpaired) electrons. The second-order valence-corrected chi connectivity index (χ2v) is 5.18. The summed E-state index contributed by atoms with van der Waals surface area (Å²) in [5.41, 5.74) is 5.17. The van der Waals surface area contributed by atoms with E-state index in [9.17, 15) is 4.39 Å². The van der Waals surface area contributed by atoms with Gasteiger partial charge in [-0.2, -0.15) is 0 Å². The van der Waals surface area contributed by atoms with Gasteiger partial charge >= 0.3 is 0 Å². The Bertz CT molecular complexity index is 195. The zero-order chi connectivity index (χ0) is 13.5. The second kappa shape index (κ2) is 17.9. The predicted octanol–water partition coefficient (Wildman–Crippen LogP) is 5.92. The lowest BCUT2D eigenvalue weighted by Gasteiger charge is -2.01. The van der Waals surface area contributed by atoms with E-state index in [-0.39, 0.29) is 24.8 Å². The van der Waals surface area contributed by atoms with E-state index in [0.717, 1.165) is 12.8 Å². The van der Waals surface area contributed by atoms with Crippen LogP contribution in [0.3, 0.4) is 0 Å². The summed E-state index contributed by atoms with van der Waals surface area (Å²) in [6, 6.07) is 0. The molecular formula is C16H33ClFN. The van der Waals surface area contributed by atoms with Crippen molar-refractivity contribution in [1.82, 2.24) is 0 Å². The van der Waals surface area contributed by atoms with Gasteiger partial charge in [0, 0.05) is 6.54 Å². The topological polar surface area (TPSA) is 26.0 Å². The molecule has 1 nitrogen and oxygen atoms in total. The monoisotopic (exact) mass is 293 g/mol. The van der Waals surface area contributed by atoms with Gasteiger partial charge in [-0.05, 0) is 12.8 Å². The van der Waals surface area contributed by atoms with E-state index in [1.807, 2.05) is 0 Å². The second-order valence-electron chi connectivity index (χ2n) is 5.18. The van der Waals surface area contributed by atoms with Crippen LogP contribution in [0.4, 0.5) is 4.39 Å². The van der Waals surface area contributed by atoms with Gasteiger partial charge in [-0.25, -0.2) is 4.39 Å². The first-order valence-electron chi connectivity index (χ1n) is 7.85. The highest BCUT2D eigenvalue weighted by Crippen LogP contribution is 2.12. The molecule has 19 heavy (non-hydrogen) atoms. The zero-order valence-electron chi connectivity index (χ0n) is 12.6. The molecule has 0 amide bonds. The number of rotatable bonds is 13. The number of halogens is 2. The van der Waals surface area contributed by atoms with Crippen LogP contribution in [-0.4, -0.2) is 6.54 Å². The van der Waals surface area contributed by atoms with Crippen LogP contribution in [0.2, 0.25) is 0 Å². The van der Waals surface area contributed by atoms with Gasteiger partial charge in [0.1, 0.15) is 5.83 Å². The molecule has 0 bridgehead atoms. The maximum Gasteiger partial charge on any atom is 0.109 e. The van der Waals surface area contributed by atoms with Crippen molar-refractivity contribution in [2.45, 2.75) is 84.0 Å². The molecule has 0 aliphatic carbocycles. The molecule has 0 heterocycles. The smallest absolute Gasteiger partial charge is 0.109 e. The van der Waals surface area contributed by atoms with Crippen LogP contribution in [0.15, 0.2) is 11.9 Å². The van der Waals surface area contributed by atoms with Crippen molar-refractivity contribution in [3.8, 4) is 0 Å². The molecule has 0 aromatic heterocycles. The van der Waals surface area contributed by atoms with Crippen LogP contribution >= 0.6 is 12.4 Å². The van der Waals surface area contributed by atoms with Gasteiger partial charge in [-0.1, -0.05) is 77.2 Å². The fourth-order valence-electron chi connectivity index (χ4n) is 2.15. The maximum atomic E-state index is 12.7. The number of unbranched alkanes of at least 4 members (excludes halogenated alkanes) is 11. The van der Waals surface area contributed by atoms with Gasteiger partial charge in [0.15, 0.2) is 0 Å². The zero-order valence-corrected chi connectivity index (χ0v) is 13.4. The highest BCUT2D eigenvalue weighted by Gasteiger charge is 1.93. The number of hydrogen-bond acceptors (Lipinski definition) is 1. The number of nitrogens with two attached hydrogens (primary N) is 1. The molecule has 0 unspecified atom stereocenters. The summed E-state index contributed by atoms with van der Waals surface area (Å²) in [4.78, 5) is 0. The van der Waals surface area contributed by atoms with Crippen molar-refractivity contribution in [2.24, 2.45) is 5.73 Å². The molecule has 0 saturated carbocycles. The summed E-state index contributed by atoms with van der Waals surface area (Å²) in [5.74, 6) is -0.165. The minimum Gasteiger partial charge on any atom is -0.325 e. The molecular weight excluding hydrogens is 261 g/mol. The average molecular weight is 294 g/mol. The van der Waals surface area contributed by atoms with Crippen LogP contribution in [0.1, 0.15) is 84.0 Å². The number of hydrogen-bond donors (Lipinski definition) is 1. The molecule has 0 aromatic carbocycles. The van der Waals surface area contributed by atoms with Gasteiger partial charge < -0.3 is 5.73 Å². The molecule has 3 heteroatoms. The van der Waals surface area contributed by atoms with E-state index in [0.29, 0.717) is 0 Å². The van der Waals surface area contributed by atoms with Crippen molar-refractivity contribution in [1.29, 1.82) is 0 Å². The van der Waals surface area contributed by atoms with Crippen molar-refractivity contribution < 1.29 is 4.39 Å². The molecule has 0 aliphatic rings. The fourth-order valence-corrected chi connectivity index (χ4v) is 2.15. The van der Waals surface area contributed by atoms with Crippen LogP contribution < -0.4 is 5.73 Å². The van der Waals surface area contributed by atoms with Crippen LogP contribution in [0.5, 0.6) is 0 Å². The number of allylic oxidation sites excluding steroid dienone is 1. The summed E-state index contributed by atoms with van der Waals surface area (Å²) in [6.45, 7) is 2.31. The Hall–Kier alpha value is -0.0800. The van der Waals surface area contributed by atoms with Gasteiger partial charge in [0.25, 0.3) is 0 Å². The minimum atomic E-state index is -0.165. The Morgan fingerprint density at radius 3 is 1.68 bits per heavy atom. The molecule has 0 aromatic rings. The lowest BCUT2D eigenvalue weighted by atomic mass is 10.1. The van der Waals surface area contributed by atoms with E-state index >= 15 is 0 Å². The largest absolute Gasteiger partial charge is 0.325 e. The Morgan fingerprint density at radius 2 is 1.26 bits per heavy atom. The third-order valence-electron chi connectivity index (χ3n) is 3.37. The van der Waals surface area contributed by atoms with E-state index in [4.69, 9.17) is 5.73 Å². The summed E-state index contributed by atoms with van der Waals surface area (Å²) in [5, 5.41) is 0. The summed E-state index contributed by atoms with van der Waals surface area (Å²) < 4.78 is 12.7. The van der Waals surface area contributed by atoms with E-state index in [1.165, 1.54) is 64.2 Å². The first kappa shape index (κ1) is 21.2. The average Bonchev–Trinajstić information content (AvgIpc) is 2.39. The van der Waals surface area contributed by atoms with Crippen molar-refractivity contribution in [3.05, 3.63) is 11.9 Å². The maximum absolute atomic E-state index is 12.7. The van der Waals surface area contributed by atoms with Crippen molar-refractivity contribution in [3.63, 3.8) is 0 Å². The van der Waals surface area contributed by atoms with Crippen molar-refractivity contribution in [2.75, 3.05) is 6.54 Å². The molecule has 116 valence electrons. The van der Waals surface area contributed by atoms with Crippen molar-refractivity contribution >= 4 is 12.4 Å². The van der Waals surface area contributed by atoms with E-state index < -0.39 is 0 Å². The predicted molar refractivity (Wildman–Crippen MR) is 86.6 cm³/mol. The van der Waals surface area contributed by atoms with Crippen LogP contribution in [-0.2, 0) is 0 Å². The van der Waals surface area contributed by atoms with Crippen LogP contribution in [0, 0.1) is 0 Å². The Balaban J connectivity index is 0. The van der Waals surface area contributed by atoms with Gasteiger partial charge in [-0.3, -0.25) is 0 Å². The summed E-state index contributed by atoms with van der Waals surface area (Å²) >= 11 is 0. The minimum absolute atomic E-state index is 0. The fraction of sp³-hybridized carbons (Fsp3) is 0.875. The quantitative estimate of drug-likeness (QED) is 0.419. The standard InChI is InChI=1S/C16H32FN.ClH/c1-2-3-4-5-6-7-8-9-10-11-12-13-14-16(17)15-18;/h14H,2-13,15,18H2,1H3;1H/b16-14-;. The Morgan fingerprint density at radius 1 is 0.842 bits per heavy atom. The highest BCUT2D eigenvalue weighted by atomic mass is 35.5. The van der Waals surface area contributed by atoms with Gasteiger partial charge in [0.2, 0.25) is 0 Å². The van der Waals surface area contributed by atoms with E-state index in [1.54, 1.807) is 6.08 Å². The van der Waals surface area contributed by atoms with Gasteiger partial charge in [-0.15, -0.1) is 12.4 Å².